The van der Waals surface area contributed by atoms with Gasteiger partial charge in [0.15, 0.2) is 0 Å². The van der Waals surface area contributed by atoms with Crippen molar-refractivity contribution in [2.24, 2.45) is 0 Å². The van der Waals surface area contributed by atoms with Crippen LogP contribution in [-0.2, 0) is 0 Å². The zero-order valence-electron chi connectivity index (χ0n) is 28.4. The molecule has 0 unspecified atom stereocenters. The van der Waals surface area contributed by atoms with E-state index in [2.05, 4.69) is 193 Å². The van der Waals surface area contributed by atoms with Crippen LogP contribution in [-0.4, -0.2) is 0 Å². The van der Waals surface area contributed by atoms with E-state index in [4.69, 9.17) is 4.42 Å². The molecule has 0 spiro atoms. The van der Waals surface area contributed by atoms with Crippen molar-refractivity contribution in [1.29, 1.82) is 0 Å². The van der Waals surface area contributed by atoms with Gasteiger partial charge >= 0.3 is 0 Å². The van der Waals surface area contributed by atoms with Crippen molar-refractivity contribution < 1.29 is 4.42 Å². The van der Waals surface area contributed by atoms with E-state index in [-0.39, 0.29) is 0 Å². The molecule has 9 aromatic carbocycles. The van der Waals surface area contributed by atoms with Crippen LogP contribution in [0.1, 0.15) is 0 Å². The van der Waals surface area contributed by atoms with E-state index in [9.17, 15) is 0 Å². The molecule has 0 aliphatic rings. The highest BCUT2D eigenvalue weighted by molar-refractivity contribution is 6.14. The Morgan fingerprint density at radius 1 is 0.288 bits per heavy atom. The third-order valence-corrected chi connectivity index (χ3v) is 10.2. The molecule has 0 saturated heterocycles. The minimum absolute atomic E-state index is 0.870. The van der Waals surface area contributed by atoms with Crippen molar-refractivity contribution in [3.8, 4) is 33.4 Å². The van der Waals surface area contributed by atoms with E-state index >= 15 is 0 Å². The highest BCUT2D eigenvalue weighted by Crippen LogP contribution is 2.42. The number of anilines is 3. The van der Waals surface area contributed by atoms with Gasteiger partial charge in [-0.05, 0) is 110 Å². The average molecular weight is 664 g/mol. The fraction of sp³-hybridized carbons (Fsp3) is 0. The number of hydrogen-bond donors (Lipinski definition) is 0. The summed E-state index contributed by atoms with van der Waals surface area (Å²) in [6, 6.07) is 71.7. The molecule has 2 heteroatoms. The van der Waals surface area contributed by atoms with Crippen LogP contribution in [0.2, 0.25) is 0 Å². The summed E-state index contributed by atoms with van der Waals surface area (Å²) >= 11 is 0. The third-order valence-electron chi connectivity index (χ3n) is 10.2. The molecule has 10 aromatic rings. The molecule has 244 valence electrons. The van der Waals surface area contributed by atoms with Gasteiger partial charge in [0.05, 0.1) is 0 Å². The molecule has 0 saturated carbocycles. The average Bonchev–Trinajstić information content (AvgIpc) is 3.59. The minimum atomic E-state index is 0.870. The Hall–Kier alpha value is -6.90. The molecule has 0 amide bonds. The van der Waals surface area contributed by atoms with Crippen molar-refractivity contribution >= 4 is 60.5 Å². The van der Waals surface area contributed by atoms with E-state index in [1.165, 1.54) is 54.9 Å². The van der Waals surface area contributed by atoms with Gasteiger partial charge < -0.3 is 9.32 Å². The van der Waals surface area contributed by atoms with Crippen LogP contribution >= 0.6 is 0 Å². The minimum Gasteiger partial charge on any atom is -0.456 e. The van der Waals surface area contributed by atoms with E-state index in [0.29, 0.717) is 0 Å². The maximum atomic E-state index is 6.40. The van der Waals surface area contributed by atoms with Crippen LogP contribution in [0.5, 0.6) is 0 Å². The molecule has 0 atom stereocenters. The van der Waals surface area contributed by atoms with Crippen LogP contribution in [0, 0.1) is 0 Å². The highest BCUT2D eigenvalue weighted by Gasteiger charge is 2.17. The van der Waals surface area contributed by atoms with E-state index < -0.39 is 0 Å². The van der Waals surface area contributed by atoms with E-state index in [1.54, 1.807) is 0 Å². The Morgan fingerprint density at radius 2 is 0.865 bits per heavy atom. The van der Waals surface area contributed by atoms with Crippen LogP contribution in [0.25, 0.3) is 76.9 Å². The standard InChI is InChI=1S/C50H33NO/c1-2-12-34(13-3-1)36-15-10-16-37(30-36)35-24-26-40(27-25-35)51(42-28-29-47-46-22-8-9-23-49(46)52-50(47)33-42)41-18-11-17-38(31-41)48-32-39-14-4-5-19-43(39)44-20-6-7-21-45(44)48/h1-33H. The number of para-hydroxylation sites is 1. The summed E-state index contributed by atoms with van der Waals surface area (Å²) in [7, 11) is 0. The van der Waals surface area contributed by atoms with Crippen LogP contribution in [0.4, 0.5) is 17.1 Å². The summed E-state index contributed by atoms with van der Waals surface area (Å²) in [5, 5.41) is 7.26. The Morgan fingerprint density at radius 3 is 1.69 bits per heavy atom. The first-order chi connectivity index (χ1) is 25.8. The molecule has 0 aliphatic heterocycles. The summed E-state index contributed by atoms with van der Waals surface area (Å²) in [6.07, 6.45) is 0. The van der Waals surface area contributed by atoms with Gasteiger partial charge in [-0.2, -0.15) is 0 Å². The number of benzene rings is 9. The lowest BCUT2D eigenvalue weighted by molar-refractivity contribution is 0.669. The number of hydrogen-bond acceptors (Lipinski definition) is 2. The lowest BCUT2D eigenvalue weighted by atomic mass is 9.93. The molecule has 0 aliphatic carbocycles. The van der Waals surface area contributed by atoms with Gasteiger partial charge in [-0.25, -0.2) is 0 Å². The Balaban J connectivity index is 1.11. The zero-order chi connectivity index (χ0) is 34.4. The SMILES string of the molecule is c1ccc(-c2cccc(-c3ccc(N(c4cccc(-c5cc6ccccc6c6ccccc56)c4)c4ccc5c(c4)oc4ccccc45)cc3)c2)cc1. The predicted octanol–water partition coefficient (Wildman–Crippen LogP) is 14.4. The number of nitrogens with zero attached hydrogens (tertiary/aromatic N) is 1. The Kier molecular flexibility index (Phi) is 7.18. The van der Waals surface area contributed by atoms with Gasteiger partial charge in [-0.3, -0.25) is 0 Å². The van der Waals surface area contributed by atoms with Crippen LogP contribution < -0.4 is 4.90 Å². The van der Waals surface area contributed by atoms with E-state index in [1.807, 2.05) is 12.1 Å². The second-order valence-electron chi connectivity index (χ2n) is 13.3. The maximum absolute atomic E-state index is 6.40. The molecule has 0 N–H and O–H groups in total. The monoisotopic (exact) mass is 663 g/mol. The van der Waals surface area contributed by atoms with Gasteiger partial charge in [0.2, 0.25) is 0 Å². The number of fused-ring (bicyclic) bond motifs is 6. The van der Waals surface area contributed by atoms with Crippen LogP contribution in [0.15, 0.2) is 205 Å². The largest absolute Gasteiger partial charge is 0.456 e. The normalized spacial score (nSPS) is 11.5. The van der Waals surface area contributed by atoms with Gasteiger partial charge in [-0.1, -0.05) is 140 Å². The lowest BCUT2D eigenvalue weighted by Gasteiger charge is -2.26. The predicted molar refractivity (Wildman–Crippen MR) is 220 cm³/mol. The van der Waals surface area contributed by atoms with Crippen molar-refractivity contribution in [2.45, 2.75) is 0 Å². The van der Waals surface area contributed by atoms with Crippen molar-refractivity contribution in [1.82, 2.24) is 0 Å². The second-order valence-corrected chi connectivity index (χ2v) is 13.3. The summed E-state index contributed by atoms with van der Waals surface area (Å²) in [4.78, 5) is 2.34. The molecule has 0 bridgehead atoms. The number of rotatable bonds is 6. The van der Waals surface area contributed by atoms with Crippen molar-refractivity contribution in [3.05, 3.63) is 200 Å². The molecular formula is C50H33NO. The summed E-state index contributed by atoms with van der Waals surface area (Å²) in [5.74, 6) is 0. The maximum Gasteiger partial charge on any atom is 0.137 e. The van der Waals surface area contributed by atoms with Crippen LogP contribution in [0.3, 0.4) is 0 Å². The number of furan rings is 1. The topological polar surface area (TPSA) is 16.4 Å². The third kappa shape index (κ3) is 5.21. The molecule has 52 heavy (non-hydrogen) atoms. The van der Waals surface area contributed by atoms with Crippen molar-refractivity contribution in [2.75, 3.05) is 4.90 Å². The van der Waals surface area contributed by atoms with Gasteiger partial charge in [0, 0.05) is 33.9 Å². The molecule has 1 heterocycles. The molecular weight excluding hydrogens is 631 g/mol. The zero-order valence-corrected chi connectivity index (χ0v) is 28.4. The second kappa shape index (κ2) is 12.5. The van der Waals surface area contributed by atoms with Crippen molar-refractivity contribution in [3.63, 3.8) is 0 Å². The highest BCUT2D eigenvalue weighted by atomic mass is 16.3. The Bertz CT molecular complexity index is 2900. The fourth-order valence-electron chi connectivity index (χ4n) is 7.72. The molecule has 0 radical (unpaired) electrons. The fourth-order valence-corrected chi connectivity index (χ4v) is 7.72. The quantitative estimate of drug-likeness (QED) is 0.165. The molecule has 10 rings (SSSR count). The summed E-state index contributed by atoms with van der Waals surface area (Å²) in [6.45, 7) is 0. The summed E-state index contributed by atoms with van der Waals surface area (Å²) < 4.78 is 6.40. The van der Waals surface area contributed by atoms with Gasteiger partial charge in [0.1, 0.15) is 11.2 Å². The van der Waals surface area contributed by atoms with E-state index in [0.717, 1.165) is 39.0 Å². The Labute approximate surface area is 302 Å². The van der Waals surface area contributed by atoms with Gasteiger partial charge in [-0.15, -0.1) is 0 Å². The smallest absolute Gasteiger partial charge is 0.137 e. The van der Waals surface area contributed by atoms with Gasteiger partial charge in [0.25, 0.3) is 0 Å². The molecule has 2 nitrogen and oxygen atoms in total. The first-order valence-corrected chi connectivity index (χ1v) is 17.8. The first kappa shape index (κ1) is 30.0. The summed E-state index contributed by atoms with van der Waals surface area (Å²) in [5.41, 5.74) is 12.1. The lowest BCUT2D eigenvalue weighted by Crippen LogP contribution is -2.10. The molecule has 0 fully saturated rings. The molecule has 1 aromatic heterocycles. The first-order valence-electron chi connectivity index (χ1n) is 17.8.